The molecule has 0 aromatic heterocycles. The first-order chi connectivity index (χ1) is 12.8. The highest BCUT2D eigenvalue weighted by Gasteiger charge is 2.42. The maximum Gasteiger partial charge on any atom is 0.343 e. The summed E-state index contributed by atoms with van der Waals surface area (Å²) < 4.78 is 33.3. The van der Waals surface area contributed by atoms with Crippen LogP contribution >= 0.6 is 22.6 Å². The zero-order chi connectivity index (χ0) is 19.8. The molecule has 7 nitrogen and oxygen atoms in total. The van der Waals surface area contributed by atoms with Gasteiger partial charge in [0.15, 0.2) is 5.78 Å². The van der Waals surface area contributed by atoms with E-state index in [-0.39, 0.29) is 35.2 Å². The van der Waals surface area contributed by atoms with E-state index in [1.165, 1.54) is 30.0 Å². The van der Waals surface area contributed by atoms with Gasteiger partial charge in [-0.05, 0) is 72.8 Å². The van der Waals surface area contributed by atoms with Crippen LogP contribution in [-0.4, -0.2) is 33.4 Å². The van der Waals surface area contributed by atoms with E-state index in [9.17, 15) is 18.0 Å². The number of amides is 2. The van der Waals surface area contributed by atoms with Gasteiger partial charge in [0.2, 0.25) is 0 Å². The van der Waals surface area contributed by atoms with Crippen molar-refractivity contribution in [2.24, 2.45) is 0 Å². The van der Waals surface area contributed by atoms with E-state index >= 15 is 0 Å². The van der Waals surface area contributed by atoms with Gasteiger partial charge in [0, 0.05) is 16.2 Å². The third-order valence-electron chi connectivity index (χ3n) is 3.96. The zero-order valence-electron chi connectivity index (χ0n) is 14.7. The lowest BCUT2D eigenvalue weighted by Gasteiger charge is -2.35. The number of halogens is 1. The smallest absolute Gasteiger partial charge is 0.343 e. The molecule has 0 aliphatic carbocycles. The summed E-state index contributed by atoms with van der Waals surface area (Å²) in [5.74, 6) is 0.168. The number of nitrogens with zero attached hydrogens (tertiary/aromatic N) is 2. The average Bonchev–Trinajstić information content (AvgIpc) is 2.61. The fourth-order valence-electron chi connectivity index (χ4n) is 2.75. The third kappa shape index (κ3) is 3.65. The van der Waals surface area contributed by atoms with Crippen LogP contribution < -0.4 is 13.9 Å². The van der Waals surface area contributed by atoms with Crippen LogP contribution in [0.15, 0.2) is 47.4 Å². The van der Waals surface area contributed by atoms with E-state index in [1.807, 2.05) is 0 Å². The van der Waals surface area contributed by atoms with Crippen LogP contribution in [0.25, 0.3) is 0 Å². The highest BCUT2D eigenvalue weighted by molar-refractivity contribution is 14.1. The van der Waals surface area contributed by atoms with Crippen LogP contribution in [0, 0.1) is 3.57 Å². The molecule has 1 aliphatic heterocycles. The van der Waals surface area contributed by atoms with Crippen LogP contribution in [-0.2, 0) is 14.8 Å². The summed E-state index contributed by atoms with van der Waals surface area (Å²) in [5.41, 5.74) is 0.520. The van der Waals surface area contributed by atoms with Crippen molar-refractivity contribution in [2.75, 3.05) is 22.4 Å². The predicted octanol–water partition coefficient (Wildman–Crippen LogP) is 3.41. The molecular formula is C18H17IN2O5S. The summed E-state index contributed by atoms with van der Waals surface area (Å²) >= 11 is 2.11. The van der Waals surface area contributed by atoms with Crippen LogP contribution in [0.3, 0.4) is 0 Å². The van der Waals surface area contributed by atoms with E-state index < -0.39 is 16.1 Å². The van der Waals surface area contributed by atoms with Crippen molar-refractivity contribution >= 4 is 55.8 Å². The lowest BCUT2D eigenvalue weighted by atomic mass is 10.2. The summed E-state index contributed by atoms with van der Waals surface area (Å²) in [5, 5.41) is 0. The van der Waals surface area contributed by atoms with Crippen molar-refractivity contribution in [3.8, 4) is 5.75 Å². The number of ether oxygens (including phenoxy) is 1. The summed E-state index contributed by atoms with van der Waals surface area (Å²) in [6.07, 6.45) is 0. The maximum atomic E-state index is 13.1. The van der Waals surface area contributed by atoms with E-state index in [0.29, 0.717) is 5.75 Å². The van der Waals surface area contributed by atoms with E-state index in [1.54, 1.807) is 31.2 Å². The molecule has 0 fully saturated rings. The minimum atomic E-state index is -4.07. The fraction of sp³-hybridized carbons (Fsp3) is 0.222. The van der Waals surface area contributed by atoms with Crippen LogP contribution in [0.1, 0.15) is 13.8 Å². The largest absolute Gasteiger partial charge is 0.486 e. The van der Waals surface area contributed by atoms with Gasteiger partial charge in [-0.25, -0.2) is 13.2 Å². The van der Waals surface area contributed by atoms with Crippen molar-refractivity contribution in [2.45, 2.75) is 18.7 Å². The zero-order valence-corrected chi connectivity index (χ0v) is 17.7. The second-order valence-corrected chi connectivity index (χ2v) is 8.89. The lowest BCUT2D eigenvalue weighted by Crippen LogP contribution is -2.51. The van der Waals surface area contributed by atoms with Gasteiger partial charge in [-0.2, -0.15) is 4.31 Å². The number of ketones is 1. The van der Waals surface area contributed by atoms with Gasteiger partial charge in [0.05, 0.1) is 11.4 Å². The SMILES string of the molecule is CCN1C(=O)N(c2ccc(I)cc2)S(=O)(=O)c2ccc(OCC(C)=O)cc21. The van der Waals surface area contributed by atoms with E-state index in [2.05, 4.69) is 22.6 Å². The molecule has 0 saturated carbocycles. The van der Waals surface area contributed by atoms with Crippen molar-refractivity contribution < 1.29 is 22.7 Å². The average molecular weight is 500 g/mol. The summed E-state index contributed by atoms with van der Waals surface area (Å²) in [7, 11) is -4.07. The molecule has 0 bridgehead atoms. The van der Waals surface area contributed by atoms with Gasteiger partial charge in [0.25, 0.3) is 10.0 Å². The van der Waals surface area contributed by atoms with Crippen molar-refractivity contribution in [1.29, 1.82) is 0 Å². The Morgan fingerprint density at radius 1 is 1.15 bits per heavy atom. The van der Waals surface area contributed by atoms with Crippen molar-refractivity contribution in [1.82, 2.24) is 0 Å². The number of urea groups is 1. The Morgan fingerprint density at radius 3 is 2.41 bits per heavy atom. The standard InChI is InChI=1S/C18H17IN2O5S/c1-3-20-16-10-15(26-11-12(2)22)8-9-17(16)27(24,25)21(18(20)23)14-6-4-13(19)5-7-14/h4-10H,3,11H2,1-2H3. The number of Topliss-reactive ketones (excluding diaryl/α,β-unsaturated/α-hetero) is 1. The normalized spacial score (nSPS) is 15.4. The van der Waals surface area contributed by atoms with Crippen LogP contribution in [0.4, 0.5) is 16.2 Å². The molecule has 0 radical (unpaired) electrons. The Kier molecular flexibility index (Phi) is 5.43. The number of rotatable bonds is 5. The molecular weight excluding hydrogens is 483 g/mol. The summed E-state index contributed by atoms with van der Waals surface area (Å²) in [4.78, 5) is 25.5. The number of benzene rings is 2. The second kappa shape index (κ2) is 7.47. The number of sulfonamides is 1. The van der Waals surface area contributed by atoms with Gasteiger partial charge in [-0.15, -0.1) is 0 Å². The monoisotopic (exact) mass is 500 g/mol. The molecule has 0 atom stereocenters. The number of hydrogen-bond donors (Lipinski definition) is 0. The van der Waals surface area contributed by atoms with Gasteiger partial charge in [-0.1, -0.05) is 0 Å². The molecule has 2 amide bonds. The number of carbonyl (C=O) groups excluding carboxylic acids is 2. The molecule has 2 aromatic rings. The minimum absolute atomic E-state index is 0.0117. The Labute approximate surface area is 171 Å². The highest BCUT2D eigenvalue weighted by Crippen LogP contribution is 2.39. The molecule has 0 unspecified atom stereocenters. The number of fused-ring (bicyclic) bond motifs is 1. The number of carbonyl (C=O) groups is 2. The molecule has 2 aromatic carbocycles. The molecule has 3 rings (SSSR count). The van der Waals surface area contributed by atoms with Gasteiger partial charge >= 0.3 is 6.03 Å². The molecule has 0 saturated heterocycles. The molecule has 0 N–H and O–H groups in total. The number of anilines is 2. The topological polar surface area (TPSA) is 84.0 Å². The third-order valence-corrected chi connectivity index (χ3v) is 6.43. The first-order valence-electron chi connectivity index (χ1n) is 8.14. The maximum absolute atomic E-state index is 13.1. The van der Waals surface area contributed by atoms with Crippen molar-refractivity contribution in [3.63, 3.8) is 0 Å². The minimum Gasteiger partial charge on any atom is -0.486 e. The molecule has 27 heavy (non-hydrogen) atoms. The van der Waals surface area contributed by atoms with Gasteiger partial charge in [-0.3, -0.25) is 9.69 Å². The van der Waals surface area contributed by atoms with Gasteiger partial charge < -0.3 is 4.74 Å². The van der Waals surface area contributed by atoms with Crippen molar-refractivity contribution in [3.05, 3.63) is 46.0 Å². The highest BCUT2D eigenvalue weighted by atomic mass is 127. The van der Waals surface area contributed by atoms with E-state index in [0.717, 1.165) is 7.88 Å². The fourth-order valence-corrected chi connectivity index (χ4v) is 4.68. The lowest BCUT2D eigenvalue weighted by molar-refractivity contribution is -0.118. The first kappa shape index (κ1) is 19.6. The molecule has 1 aliphatic rings. The number of hydrogen-bond acceptors (Lipinski definition) is 5. The predicted molar refractivity (Wildman–Crippen MR) is 110 cm³/mol. The van der Waals surface area contributed by atoms with E-state index in [4.69, 9.17) is 4.74 Å². The Morgan fingerprint density at radius 2 is 1.81 bits per heavy atom. The Bertz CT molecular complexity index is 1000. The Balaban J connectivity index is 2.11. The Hall–Kier alpha value is -2.14. The van der Waals surface area contributed by atoms with Gasteiger partial charge in [0.1, 0.15) is 17.3 Å². The molecule has 0 spiro atoms. The van der Waals surface area contributed by atoms with Crippen LogP contribution in [0.5, 0.6) is 5.75 Å². The molecule has 9 heteroatoms. The molecule has 142 valence electrons. The second-order valence-electron chi connectivity index (χ2n) is 5.89. The molecule has 1 heterocycles. The summed E-state index contributed by atoms with van der Waals surface area (Å²) in [6, 6.07) is 10.4. The van der Waals surface area contributed by atoms with Crippen LogP contribution in [0.2, 0.25) is 0 Å². The first-order valence-corrected chi connectivity index (χ1v) is 10.7. The summed E-state index contributed by atoms with van der Waals surface area (Å²) in [6.45, 7) is 3.30. The quantitative estimate of drug-likeness (QED) is 0.588.